The van der Waals surface area contributed by atoms with E-state index >= 15 is 0 Å². The summed E-state index contributed by atoms with van der Waals surface area (Å²) in [5.74, 6) is -0.232. The van der Waals surface area contributed by atoms with Crippen LogP contribution in [0.3, 0.4) is 0 Å². The van der Waals surface area contributed by atoms with Gasteiger partial charge in [0.15, 0.2) is 0 Å². The van der Waals surface area contributed by atoms with Crippen LogP contribution in [0.4, 0.5) is 0 Å². The molecule has 0 saturated heterocycles. The average molecular weight is 285 g/mol. The highest BCUT2D eigenvalue weighted by molar-refractivity contribution is 7.56. The average Bonchev–Trinajstić information content (AvgIpc) is 2.45. The van der Waals surface area contributed by atoms with Crippen molar-refractivity contribution in [2.75, 3.05) is 20.3 Å². The molecule has 19 heavy (non-hydrogen) atoms. The quantitative estimate of drug-likeness (QED) is 0.541. The first-order chi connectivity index (χ1) is 9.21. The number of hydrogen-bond acceptors (Lipinski definition) is 5. The number of aromatic nitrogens is 1. The molecule has 0 unspecified atom stereocenters. The zero-order valence-corrected chi connectivity index (χ0v) is 12.5. The number of rotatable bonds is 8. The van der Waals surface area contributed by atoms with E-state index in [2.05, 4.69) is 9.72 Å². The third-order valence-electron chi connectivity index (χ3n) is 2.32. The van der Waals surface area contributed by atoms with E-state index in [4.69, 9.17) is 9.05 Å². The Morgan fingerprint density at radius 1 is 1.32 bits per heavy atom. The first-order valence-corrected chi connectivity index (χ1v) is 7.46. The van der Waals surface area contributed by atoms with Gasteiger partial charge < -0.3 is 13.8 Å². The molecule has 0 bridgehead atoms. The van der Waals surface area contributed by atoms with Gasteiger partial charge in [-0.3, -0.25) is 9.78 Å². The number of aryl methyl sites for hydroxylation is 1. The number of nitrogens with zero attached hydrogens (tertiary/aromatic N) is 1. The molecule has 0 aromatic carbocycles. The van der Waals surface area contributed by atoms with Crippen molar-refractivity contribution in [2.24, 2.45) is 0 Å². The van der Waals surface area contributed by atoms with E-state index in [-0.39, 0.29) is 5.97 Å². The Morgan fingerprint density at radius 2 is 2.00 bits per heavy atom. The molecule has 5 nitrogen and oxygen atoms in total. The van der Waals surface area contributed by atoms with Crippen LogP contribution in [0.5, 0.6) is 0 Å². The largest absolute Gasteiger partial charge is 0.469 e. The van der Waals surface area contributed by atoms with Gasteiger partial charge in [-0.25, -0.2) is 0 Å². The lowest BCUT2D eigenvalue weighted by Gasteiger charge is -2.16. The van der Waals surface area contributed by atoms with Crippen molar-refractivity contribution >= 4 is 19.6 Å². The van der Waals surface area contributed by atoms with Crippen molar-refractivity contribution in [3.63, 3.8) is 0 Å². The predicted molar refractivity (Wildman–Crippen MR) is 74.4 cm³/mol. The van der Waals surface area contributed by atoms with Crippen molar-refractivity contribution in [1.29, 1.82) is 0 Å². The molecule has 0 atom stereocenters. The highest BCUT2D eigenvalue weighted by atomic mass is 31.2. The molecule has 0 aliphatic carbocycles. The Morgan fingerprint density at radius 3 is 2.58 bits per heavy atom. The summed E-state index contributed by atoms with van der Waals surface area (Å²) in [5.41, 5.74) is 0.842. The van der Waals surface area contributed by atoms with Crippen LogP contribution >= 0.6 is 8.38 Å². The Hall–Kier alpha value is -1.03. The number of pyridine rings is 1. The van der Waals surface area contributed by atoms with E-state index in [1.807, 2.05) is 26.0 Å². The summed E-state index contributed by atoms with van der Waals surface area (Å²) in [6.07, 6.45) is 2.60. The predicted octanol–water partition coefficient (Wildman–Crippen LogP) is 2.20. The maximum Gasteiger partial charge on any atom is 0.305 e. The maximum absolute atomic E-state index is 11.1. The van der Waals surface area contributed by atoms with Gasteiger partial charge in [0.25, 0.3) is 0 Å². The van der Waals surface area contributed by atoms with Crippen molar-refractivity contribution in [3.05, 3.63) is 24.0 Å². The van der Waals surface area contributed by atoms with Gasteiger partial charge in [-0.15, -0.1) is 0 Å². The molecule has 0 fully saturated rings. The Balaban J connectivity index is 2.71. The van der Waals surface area contributed by atoms with Crippen molar-refractivity contribution in [3.8, 4) is 0 Å². The van der Waals surface area contributed by atoms with E-state index in [1.54, 1.807) is 6.20 Å². The first kappa shape index (κ1) is 16.0. The second-order valence-corrected chi connectivity index (χ2v) is 5.22. The van der Waals surface area contributed by atoms with E-state index < -0.39 is 8.38 Å². The first-order valence-electron chi connectivity index (χ1n) is 6.29. The summed E-state index contributed by atoms with van der Waals surface area (Å²) in [5, 5.41) is 0.980. The van der Waals surface area contributed by atoms with Gasteiger partial charge in [0.05, 0.1) is 26.7 Å². The summed E-state index contributed by atoms with van der Waals surface area (Å²) >= 11 is 0. The second-order valence-electron chi connectivity index (χ2n) is 3.67. The number of carbonyl (C=O) groups is 1. The number of methoxy groups -OCH3 is 1. The zero-order chi connectivity index (χ0) is 14.1. The lowest BCUT2D eigenvalue weighted by molar-refractivity contribution is -0.140. The highest BCUT2D eigenvalue weighted by Crippen LogP contribution is 2.36. The summed E-state index contributed by atoms with van der Waals surface area (Å²) in [7, 11) is 0.327. The zero-order valence-electron chi connectivity index (χ0n) is 11.6. The molecule has 0 saturated carbocycles. The van der Waals surface area contributed by atoms with Gasteiger partial charge >= 0.3 is 5.97 Å². The second kappa shape index (κ2) is 8.97. The smallest absolute Gasteiger partial charge is 0.305 e. The van der Waals surface area contributed by atoms with Crippen LogP contribution in [0.15, 0.2) is 18.3 Å². The van der Waals surface area contributed by atoms with Gasteiger partial charge in [-0.1, -0.05) is 0 Å². The minimum absolute atomic E-state index is 0.232. The minimum Gasteiger partial charge on any atom is -0.469 e. The number of carbonyl (C=O) groups excluding carboxylic acids is 1. The van der Waals surface area contributed by atoms with Crippen LogP contribution in [0.25, 0.3) is 0 Å². The summed E-state index contributed by atoms with van der Waals surface area (Å²) in [6.45, 7) is 5.08. The van der Waals surface area contributed by atoms with E-state index in [1.165, 1.54) is 7.11 Å². The molecule has 0 aliphatic rings. The van der Waals surface area contributed by atoms with E-state index in [0.29, 0.717) is 26.1 Å². The fourth-order valence-corrected chi connectivity index (χ4v) is 2.75. The molecule has 0 radical (unpaired) electrons. The fraction of sp³-hybridized carbons (Fsp3) is 0.538. The Bertz CT molecular complexity index is 394. The summed E-state index contributed by atoms with van der Waals surface area (Å²) in [6, 6.07) is 3.82. The molecule has 1 aromatic heterocycles. The topological polar surface area (TPSA) is 57.7 Å². The van der Waals surface area contributed by atoms with Gasteiger partial charge in [0, 0.05) is 23.6 Å². The van der Waals surface area contributed by atoms with E-state index in [0.717, 1.165) is 11.0 Å². The molecule has 1 heterocycles. The molecule has 0 amide bonds. The molecule has 0 spiro atoms. The third-order valence-corrected chi connectivity index (χ3v) is 4.00. The lowest BCUT2D eigenvalue weighted by atomic mass is 10.2. The van der Waals surface area contributed by atoms with Crippen LogP contribution in [0.2, 0.25) is 0 Å². The fourth-order valence-electron chi connectivity index (χ4n) is 1.47. The molecule has 6 heteroatoms. The van der Waals surface area contributed by atoms with Gasteiger partial charge in [-0.2, -0.15) is 0 Å². The standard InChI is InChI=1S/C13H20NO4P/c1-4-17-19(18-5-2)12-8-9-14-11(10-12)6-7-13(15)16-3/h8-10H,4-7H2,1-3H3. The van der Waals surface area contributed by atoms with Gasteiger partial charge in [0.2, 0.25) is 8.38 Å². The van der Waals surface area contributed by atoms with Gasteiger partial charge in [-0.05, 0) is 26.0 Å². The van der Waals surface area contributed by atoms with Crippen molar-refractivity contribution in [1.82, 2.24) is 4.98 Å². The molecule has 0 aliphatic heterocycles. The van der Waals surface area contributed by atoms with Crippen LogP contribution in [0, 0.1) is 0 Å². The molecular formula is C13H20NO4P. The summed E-state index contributed by atoms with van der Waals surface area (Å²) in [4.78, 5) is 15.4. The number of ether oxygens (including phenoxy) is 1. The number of hydrogen-bond donors (Lipinski definition) is 0. The maximum atomic E-state index is 11.1. The van der Waals surface area contributed by atoms with Crippen LogP contribution in [-0.4, -0.2) is 31.3 Å². The monoisotopic (exact) mass is 285 g/mol. The molecular weight excluding hydrogens is 265 g/mol. The van der Waals surface area contributed by atoms with Crippen molar-refractivity contribution < 1.29 is 18.6 Å². The highest BCUT2D eigenvalue weighted by Gasteiger charge is 2.13. The van der Waals surface area contributed by atoms with Crippen LogP contribution in [-0.2, 0) is 25.0 Å². The summed E-state index contributed by atoms with van der Waals surface area (Å²) < 4.78 is 15.8. The van der Waals surface area contributed by atoms with Gasteiger partial charge in [0.1, 0.15) is 0 Å². The van der Waals surface area contributed by atoms with E-state index in [9.17, 15) is 4.79 Å². The minimum atomic E-state index is -1.06. The van der Waals surface area contributed by atoms with Crippen LogP contribution < -0.4 is 5.30 Å². The Labute approximate surface area is 115 Å². The lowest BCUT2D eigenvalue weighted by Crippen LogP contribution is -2.10. The normalized spacial score (nSPS) is 10.7. The molecule has 1 aromatic rings. The molecule has 106 valence electrons. The number of esters is 1. The SMILES string of the molecule is CCOP(OCC)c1ccnc(CCC(=O)OC)c1. The molecule has 0 N–H and O–H groups in total. The molecule has 1 rings (SSSR count). The van der Waals surface area contributed by atoms with Crippen molar-refractivity contribution in [2.45, 2.75) is 26.7 Å². The third kappa shape index (κ3) is 5.64. The van der Waals surface area contributed by atoms with Crippen LogP contribution in [0.1, 0.15) is 26.0 Å². The Kier molecular flexibility index (Phi) is 7.56.